The van der Waals surface area contributed by atoms with Crippen LogP contribution >= 0.6 is 0 Å². The quantitative estimate of drug-likeness (QED) is 0.216. The van der Waals surface area contributed by atoms with Gasteiger partial charge in [0.15, 0.2) is 0 Å². The summed E-state index contributed by atoms with van der Waals surface area (Å²) in [6.45, 7) is 10.9. The van der Waals surface area contributed by atoms with Crippen molar-refractivity contribution in [3.63, 3.8) is 0 Å². The molecule has 3 saturated heterocycles. The second kappa shape index (κ2) is 12.8. The maximum Gasteiger partial charge on any atom is 0.250 e. The minimum Gasteiger partial charge on any atom is -0.396 e. The third kappa shape index (κ3) is 5.31. The van der Waals surface area contributed by atoms with Crippen LogP contribution in [-0.2, 0) is 32.3 Å². The van der Waals surface area contributed by atoms with Crippen molar-refractivity contribution in [3.05, 3.63) is 85.5 Å². The highest BCUT2D eigenvalue weighted by Gasteiger charge is 2.78. The molecule has 2 unspecified atom stereocenters. The van der Waals surface area contributed by atoms with Crippen LogP contribution in [0.25, 0.3) is 11.0 Å². The fraction of sp³-hybridized carbons (Fsp3) is 0.457. The molecule has 46 heavy (non-hydrogen) atoms. The molecule has 11 nitrogen and oxygen atoms in total. The van der Waals surface area contributed by atoms with Crippen LogP contribution in [0.15, 0.2) is 79.9 Å². The van der Waals surface area contributed by atoms with Crippen LogP contribution in [0.4, 0.5) is 0 Å². The highest BCUT2D eigenvalue weighted by molar-refractivity contribution is 5.99. The Bertz CT molecular complexity index is 1630. The van der Waals surface area contributed by atoms with Gasteiger partial charge in [0, 0.05) is 32.8 Å². The first-order valence-corrected chi connectivity index (χ1v) is 16.0. The molecule has 4 heterocycles. The highest BCUT2D eigenvalue weighted by atomic mass is 16.5. The van der Waals surface area contributed by atoms with Gasteiger partial charge in [0.05, 0.1) is 23.0 Å². The Morgan fingerprint density at radius 2 is 1.74 bits per heavy atom. The standard InChI is InChI=1S/C35H42N6O5/c1-4-19-38(23-25-13-7-6-8-14-25)31(43)28-29-32(44)40(21-11-12-22-42)30(35(29)18-17-34(28,3)46-35)33(45)39(20-5-2)24-41-27-16-10-9-15-26(27)36-37-41/h4-10,13-16,28-30,42H,1-2,11-12,17-24H2,3H3/t28-,29+,30?,34+,35?/m1/s1. The first-order chi connectivity index (χ1) is 22.3. The van der Waals surface area contributed by atoms with Crippen LogP contribution in [0.3, 0.4) is 0 Å². The molecule has 1 spiro atoms. The molecular weight excluding hydrogens is 584 g/mol. The number of ether oxygens (including phenoxy) is 1. The van der Waals surface area contributed by atoms with Gasteiger partial charge in [-0.25, -0.2) is 4.68 Å². The molecule has 0 aliphatic carbocycles. The van der Waals surface area contributed by atoms with E-state index in [2.05, 4.69) is 23.5 Å². The van der Waals surface area contributed by atoms with Gasteiger partial charge in [0.2, 0.25) is 17.7 Å². The number of rotatable bonds is 14. The minimum absolute atomic E-state index is 0.0249. The molecule has 3 aromatic rings. The molecule has 0 saturated carbocycles. The van der Waals surface area contributed by atoms with Gasteiger partial charge in [-0.15, -0.1) is 18.3 Å². The number of aliphatic hydroxyl groups excluding tert-OH is 1. The molecule has 0 radical (unpaired) electrons. The summed E-state index contributed by atoms with van der Waals surface area (Å²) < 4.78 is 8.53. The first-order valence-electron chi connectivity index (χ1n) is 16.0. The number of hydrogen-bond donors (Lipinski definition) is 1. The van der Waals surface area contributed by atoms with Crippen molar-refractivity contribution in [3.8, 4) is 0 Å². The Morgan fingerprint density at radius 1 is 1.02 bits per heavy atom. The number of para-hydroxylation sites is 1. The van der Waals surface area contributed by atoms with E-state index in [0.717, 1.165) is 11.1 Å². The number of unbranched alkanes of at least 4 members (excludes halogenated alkanes) is 1. The summed E-state index contributed by atoms with van der Waals surface area (Å²) in [6, 6.07) is 16.3. The van der Waals surface area contributed by atoms with E-state index in [1.807, 2.05) is 61.5 Å². The monoisotopic (exact) mass is 626 g/mol. The molecule has 3 aliphatic heterocycles. The topological polar surface area (TPSA) is 121 Å². The van der Waals surface area contributed by atoms with E-state index < -0.39 is 29.1 Å². The smallest absolute Gasteiger partial charge is 0.250 e. The molecule has 11 heteroatoms. The number of likely N-dealkylation sites (tertiary alicyclic amines) is 1. The van der Waals surface area contributed by atoms with Crippen LogP contribution in [-0.4, -0.2) is 96.0 Å². The fourth-order valence-electron chi connectivity index (χ4n) is 7.83. The summed E-state index contributed by atoms with van der Waals surface area (Å²) >= 11 is 0. The zero-order valence-electron chi connectivity index (χ0n) is 26.3. The van der Waals surface area contributed by atoms with Gasteiger partial charge in [0.1, 0.15) is 23.8 Å². The molecule has 1 aromatic heterocycles. The fourth-order valence-corrected chi connectivity index (χ4v) is 7.83. The molecule has 6 rings (SSSR count). The van der Waals surface area contributed by atoms with E-state index >= 15 is 0 Å². The Balaban J connectivity index is 1.36. The third-order valence-electron chi connectivity index (χ3n) is 9.85. The van der Waals surface area contributed by atoms with Crippen molar-refractivity contribution >= 4 is 28.8 Å². The van der Waals surface area contributed by atoms with E-state index in [-0.39, 0.29) is 44.1 Å². The average molecular weight is 627 g/mol. The average Bonchev–Trinajstić information content (AvgIpc) is 3.76. The van der Waals surface area contributed by atoms with Gasteiger partial charge in [-0.05, 0) is 50.3 Å². The lowest BCUT2D eigenvalue weighted by atomic mass is 9.66. The number of benzene rings is 2. The van der Waals surface area contributed by atoms with Gasteiger partial charge >= 0.3 is 0 Å². The van der Waals surface area contributed by atoms with Gasteiger partial charge in [0.25, 0.3) is 0 Å². The van der Waals surface area contributed by atoms with Gasteiger partial charge in [-0.1, -0.05) is 59.8 Å². The van der Waals surface area contributed by atoms with E-state index in [1.165, 1.54) is 0 Å². The molecule has 3 aliphatic rings. The summed E-state index contributed by atoms with van der Waals surface area (Å²) in [5, 5.41) is 18.1. The molecule has 1 N–H and O–H groups in total. The lowest BCUT2D eigenvalue weighted by molar-refractivity contribution is -0.154. The molecule has 5 atom stereocenters. The molecule has 242 valence electrons. The molecule has 3 fully saturated rings. The third-order valence-corrected chi connectivity index (χ3v) is 9.85. The number of carbonyl (C=O) groups excluding carboxylic acids is 3. The summed E-state index contributed by atoms with van der Waals surface area (Å²) in [5.41, 5.74) is 0.381. The van der Waals surface area contributed by atoms with Crippen LogP contribution < -0.4 is 0 Å². The van der Waals surface area contributed by atoms with Crippen LogP contribution in [0.1, 0.15) is 38.2 Å². The number of aliphatic hydroxyl groups is 1. The van der Waals surface area contributed by atoms with Crippen molar-refractivity contribution in [2.75, 3.05) is 26.2 Å². The largest absolute Gasteiger partial charge is 0.396 e. The van der Waals surface area contributed by atoms with E-state index in [0.29, 0.717) is 44.3 Å². The predicted molar refractivity (Wildman–Crippen MR) is 172 cm³/mol. The first kappa shape index (κ1) is 31.6. The van der Waals surface area contributed by atoms with Crippen molar-refractivity contribution in [1.29, 1.82) is 0 Å². The number of fused-ring (bicyclic) bond motifs is 2. The van der Waals surface area contributed by atoms with Gasteiger partial charge in [-0.2, -0.15) is 0 Å². The zero-order valence-corrected chi connectivity index (χ0v) is 26.3. The number of amides is 3. The van der Waals surface area contributed by atoms with Crippen molar-refractivity contribution < 1.29 is 24.2 Å². The second-order valence-electron chi connectivity index (χ2n) is 12.8. The maximum absolute atomic E-state index is 14.8. The van der Waals surface area contributed by atoms with Gasteiger partial charge < -0.3 is 24.5 Å². The normalized spacial score (nSPS) is 26.3. The Hall–Kier alpha value is -4.35. The number of aromatic nitrogens is 3. The Labute approximate surface area is 269 Å². The van der Waals surface area contributed by atoms with Crippen molar-refractivity contribution in [2.24, 2.45) is 11.8 Å². The lowest BCUT2D eigenvalue weighted by Gasteiger charge is -2.37. The summed E-state index contributed by atoms with van der Waals surface area (Å²) in [7, 11) is 0. The molecular formula is C35H42N6O5. The molecule has 3 amide bonds. The number of hydrogen-bond acceptors (Lipinski definition) is 7. The number of nitrogens with zero attached hydrogens (tertiary/aromatic N) is 6. The Morgan fingerprint density at radius 3 is 2.48 bits per heavy atom. The SMILES string of the molecule is C=CCN(Cn1nnc2ccccc21)C(=O)C1N(CCCCO)C(=O)[C@@H]2[C@H](C(=O)N(CC=C)Cc3ccccc3)[C@]3(C)CCC12O3. The zero-order chi connectivity index (χ0) is 32.5. The lowest BCUT2D eigenvalue weighted by Crippen LogP contribution is -2.56. The second-order valence-corrected chi connectivity index (χ2v) is 12.8. The minimum atomic E-state index is -1.17. The van der Waals surface area contributed by atoms with Crippen LogP contribution in [0.5, 0.6) is 0 Å². The number of carbonyl (C=O) groups is 3. The van der Waals surface area contributed by atoms with Crippen LogP contribution in [0, 0.1) is 11.8 Å². The van der Waals surface area contributed by atoms with Crippen LogP contribution in [0.2, 0.25) is 0 Å². The molecule has 2 bridgehead atoms. The highest BCUT2D eigenvalue weighted by Crippen LogP contribution is 2.63. The molecule has 2 aromatic carbocycles. The van der Waals surface area contributed by atoms with Gasteiger partial charge in [-0.3, -0.25) is 14.4 Å². The maximum atomic E-state index is 14.8. The Kier molecular flexibility index (Phi) is 8.80. The van der Waals surface area contributed by atoms with Crippen molar-refractivity contribution in [2.45, 2.75) is 63.1 Å². The summed E-state index contributed by atoms with van der Waals surface area (Å²) in [5.74, 6) is -2.29. The van der Waals surface area contributed by atoms with Crippen molar-refractivity contribution in [1.82, 2.24) is 29.7 Å². The summed E-state index contributed by atoms with van der Waals surface area (Å²) in [4.78, 5) is 48.7. The summed E-state index contributed by atoms with van der Waals surface area (Å²) in [6.07, 6.45) is 5.36. The van der Waals surface area contributed by atoms with E-state index in [1.54, 1.807) is 31.5 Å². The predicted octanol–water partition coefficient (Wildman–Crippen LogP) is 3.16. The van der Waals surface area contributed by atoms with E-state index in [4.69, 9.17) is 4.74 Å². The van der Waals surface area contributed by atoms with E-state index in [9.17, 15) is 19.5 Å².